The van der Waals surface area contributed by atoms with E-state index in [-0.39, 0.29) is 0 Å². The molecule has 2 heterocycles. The quantitative estimate of drug-likeness (QED) is 0.480. The Hall–Kier alpha value is -3.25. The van der Waals surface area contributed by atoms with Crippen molar-refractivity contribution in [3.8, 4) is 0 Å². The maximum atomic E-state index is 6.25. The van der Waals surface area contributed by atoms with Crippen LogP contribution < -0.4 is 10.6 Å². The van der Waals surface area contributed by atoms with Gasteiger partial charge in [-0.3, -0.25) is 0 Å². The molecule has 0 saturated carbocycles. The molecule has 4 aromatic rings. The molecule has 140 valence electrons. The predicted octanol–water partition coefficient (Wildman–Crippen LogP) is 5.49. The second-order valence-corrected chi connectivity index (χ2v) is 7.12. The lowest BCUT2D eigenvalue weighted by Gasteiger charge is -2.12. The zero-order valence-corrected chi connectivity index (χ0v) is 16.5. The Labute approximate surface area is 168 Å². The molecule has 0 amide bonds. The standard InChI is InChI=1S/C21H19ClN6/c1-12-8-13(2)10-16(9-12)26-21-27-19-18(23-6-7-24-19)20(28-21)25-15-5-4-14(3)17(22)11-15/h4-11H,1-3H3,(H2,24,25,26,27,28). The van der Waals surface area contributed by atoms with Crippen LogP contribution in [0.1, 0.15) is 16.7 Å². The molecule has 0 radical (unpaired) electrons. The largest absolute Gasteiger partial charge is 0.338 e. The molecule has 2 aromatic carbocycles. The number of hydrogen-bond acceptors (Lipinski definition) is 6. The minimum absolute atomic E-state index is 0.443. The molecular formula is C21H19ClN6. The van der Waals surface area contributed by atoms with E-state index in [4.69, 9.17) is 11.6 Å². The van der Waals surface area contributed by atoms with Gasteiger partial charge in [-0.25, -0.2) is 9.97 Å². The summed E-state index contributed by atoms with van der Waals surface area (Å²) in [7, 11) is 0. The van der Waals surface area contributed by atoms with Crippen LogP contribution in [-0.2, 0) is 0 Å². The van der Waals surface area contributed by atoms with Crippen molar-refractivity contribution in [2.45, 2.75) is 20.8 Å². The van der Waals surface area contributed by atoms with Crippen LogP contribution in [0, 0.1) is 20.8 Å². The number of aryl methyl sites for hydroxylation is 3. The van der Waals surface area contributed by atoms with Crippen LogP contribution in [0.3, 0.4) is 0 Å². The Morgan fingerprint density at radius 2 is 1.54 bits per heavy atom. The average molecular weight is 391 g/mol. The Morgan fingerprint density at radius 1 is 0.786 bits per heavy atom. The molecule has 28 heavy (non-hydrogen) atoms. The summed E-state index contributed by atoms with van der Waals surface area (Å²) in [5.74, 6) is 1.00. The lowest BCUT2D eigenvalue weighted by molar-refractivity contribution is 1.15. The third-order valence-electron chi connectivity index (χ3n) is 4.25. The van der Waals surface area contributed by atoms with Crippen LogP contribution in [0.2, 0.25) is 5.02 Å². The summed E-state index contributed by atoms with van der Waals surface area (Å²) in [5, 5.41) is 7.24. The van der Waals surface area contributed by atoms with Crippen molar-refractivity contribution in [1.82, 2.24) is 19.9 Å². The van der Waals surface area contributed by atoms with Gasteiger partial charge >= 0.3 is 0 Å². The summed E-state index contributed by atoms with van der Waals surface area (Å²) in [5.41, 5.74) is 6.17. The fourth-order valence-corrected chi connectivity index (χ4v) is 3.17. The number of hydrogen-bond donors (Lipinski definition) is 2. The van der Waals surface area contributed by atoms with Gasteiger partial charge in [0.05, 0.1) is 0 Å². The van der Waals surface area contributed by atoms with Crippen molar-refractivity contribution in [3.63, 3.8) is 0 Å². The summed E-state index contributed by atoms with van der Waals surface area (Å²) in [6.07, 6.45) is 3.23. The van der Waals surface area contributed by atoms with Crippen molar-refractivity contribution in [1.29, 1.82) is 0 Å². The highest BCUT2D eigenvalue weighted by molar-refractivity contribution is 6.31. The molecule has 0 saturated heterocycles. The maximum Gasteiger partial charge on any atom is 0.231 e. The number of rotatable bonds is 4. The molecule has 2 aromatic heterocycles. The van der Waals surface area contributed by atoms with Crippen molar-refractivity contribution in [2.24, 2.45) is 0 Å². The molecule has 0 unspecified atom stereocenters. The Bertz CT molecular complexity index is 1150. The first-order chi connectivity index (χ1) is 13.5. The van der Waals surface area contributed by atoms with Gasteiger partial charge in [-0.1, -0.05) is 23.7 Å². The van der Waals surface area contributed by atoms with Crippen molar-refractivity contribution < 1.29 is 0 Å². The molecule has 0 fully saturated rings. The number of aromatic nitrogens is 4. The van der Waals surface area contributed by atoms with Gasteiger partial charge in [0.2, 0.25) is 5.95 Å². The number of benzene rings is 2. The molecule has 2 N–H and O–H groups in total. The van der Waals surface area contributed by atoms with Crippen molar-refractivity contribution in [3.05, 3.63) is 70.5 Å². The normalized spacial score (nSPS) is 10.9. The van der Waals surface area contributed by atoms with Crippen LogP contribution in [0.5, 0.6) is 0 Å². The fraction of sp³-hybridized carbons (Fsp3) is 0.143. The number of anilines is 4. The first kappa shape index (κ1) is 18.1. The molecule has 0 aliphatic heterocycles. The minimum Gasteiger partial charge on any atom is -0.338 e. The maximum absolute atomic E-state index is 6.25. The van der Waals surface area contributed by atoms with Gasteiger partial charge in [0.1, 0.15) is 0 Å². The first-order valence-electron chi connectivity index (χ1n) is 8.85. The Balaban J connectivity index is 1.75. The van der Waals surface area contributed by atoms with E-state index in [0.29, 0.717) is 28.0 Å². The molecule has 0 aliphatic rings. The van der Waals surface area contributed by atoms with Crippen LogP contribution in [0.25, 0.3) is 11.2 Å². The Morgan fingerprint density at radius 3 is 2.29 bits per heavy atom. The Kier molecular flexibility index (Phi) is 4.79. The molecule has 0 spiro atoms. The lowest BCUT2D eigenvalue weighted by atomic mass is 10.1. The second kappa shape index (κ2) is 7.40. The predicted molar refractivity (Wildman–Crippen MR) is 114 cm³/mol. The van der Waals surface area contributed by atoms with E-state index in [1.165, 1.54) is 0 Å². The van der Waals surface area contributed by atoms with E-state index in [2.05, 4.69) is 50.5 Å². The molecule has 6 nitrogen and oxygen atoms in total. The number of nitrogens with zero attached hydrogens (tertiary/aromatic N) is 4. The van der Waals surface area contributed by atoms with Crippen LogP contribution in [-0.4, -0.2) is 19.9 Å². The van der Waals surface area contributed by atoms with Crippen LogP contribution in [0.4, 0.5) is 23.1 Å². The highest BCUT2D eigenvalue weighted by Gasteiger charge is 2.11. The highest BCUT2D eigenvalue weighted by Crippen LogP contribution is 2.27. The molecular weight excluding hydrogens is 372 g/mol. The van der Waals surface area contributed by atoms with Gasteiger partial charge in [-0.15, -0.1) is 0 Å². The van der Waals surface area contributed by atoms with E-state index in [1.807, 2.05) is 37.3 Å². The average Bonchev–Trinajstić information content (AvgIpc) is 2.64. The summed E-state index contributed by atoms with van der Waals surface area (Å²) in [4.78, 5) is 17.8. The molecule has 7 heteroatoms. The summed E-state index contributed by atoms with van der Waals surface area (Å²) >= 11 is 6.25. The molecule has 0 bridgehead atoms. The number of nitrogens with one attached hydrogen (secondary N) is 2. The lowest BCUT2D eigenvalue weighted by Crippen LogP contribution is -2.04. The molecule has 0 aliphatic carbocycles. The number of halogens is 1. The summed E-state index contributed by atoms with van der Waals surface area (Å²) < 4.78 is 0. The van der Waals surface area contributed by atoms with Gasteiger partial charge < -0.3 is 10.6 Å². The molecule has 0 atom stereocenters. The van der Waals surface area contributed by atoms with E-state index in [1.54, 1.807) is 12.4 Å². The summed E-state index contributed by atoms with van der Waals surface area (Å²) in [6.45, 7) is 6.07. The van der Waals surface area contributed by atoms with Crippen molar-refractivity contribution in [2.75, 3.05) is 10.6 Å². The van der Waals surface area contributed by atoms with Gasteiger partial charge in [-0.05, 0) is 61.7 Å². The topological polar surface area (TPSA) is 75.6 Å². The van der Waals surface area contributed by atoms with Crippen molar-refractivity contribution >= 4 is 45.9 Å². The van der Waals surface area contributed by atoms with Crippen LogP contribution in [0.15, 0.2) is 48.8 Å². The van der Waals surface area contributed by atoms with E-state index < -0.39 is 0 Å². The second-order valence-electron chi connectivity index (χ2n) is 6.71. The monoisotopic (exact) mass is 390 g/mol. The van der Waals surface area contributed by atoms with E-state index >= 15 is 0 Å². The van der Waals surface area contributed by atoms with Gasteiger partial charge in [0.15, 0.2) is 17.0 Å². The van der Waals surface area contributed by atoms with Gasteiger partial charge in [-0.2, -0.15) is 9.97 Å². The first-order valence-corrected chi connectivity index (χ1v) is 9.23. The van der Waals surface area contributed by atoms with E-state index in [9.17, 15) is 0 Å². The van der Waals surface area contributed by atoms with Crippen LogP contribution >= 0.6 is 11.6 Å². The SMILES string of the molecule is Cc1cc(C)cc(Nc2nc(Nc3ccc(C)c(Cl)c3)c3nccnc3n2)c1. The zero-order chi connectivity index (χ0) is 19.7. The molecule has 4 rings (SSSR count). The highest BCUT2D eigenvalue weighted by atomic mass is 35.5. The van der Waals surface area contributed by atoms with Gasteiger partial charge in [0, 0.05) is 28.8 Å². The van der Waals surface area contributed by atoms with E-state index in [0.717, 1.165) is 28.1 Å². The fourth-order valence-electron chi connectivity index (χ4n) is 2.99. The third-order valence-corrected chi connectivity index (χ3v) is 4.65. The third kappa shape index (κ3) is 3.87. The smallest absolute Gasteiger partial charge is 0.231 e. The minimum atomic E-state index is 0.443. The zero-order valence-electron chi connectivity index (χ0n) is 15.8. The summed E-state index contributed by atoms with van der Waals surface area (Å²) in [6, 6.07) is 12.0. The number of fused-ring (bicyclic) bond motifs is 1. The van der Waals surface area contributed by atoms with Gasteiger partial charge in [0.25, 0.3) is 0 Å².